The molecule has 0 aliphatic heterocycles. The van der Waals surface area contributed by atoms with Crippen molar-refractivity contribution in [3.8, 4) is 0 Å². The summed E-state index contributed by atoms with van der Waals surface area (Å²) in [7, 11) is 0. The molecule has 2 heterocycles. The first-order valence-corrected chi connectivity index (χ1v) is 6.88. The van der Waals surface area contributed by atoms with Crippen molar-refractivity contribution in [1.29, 1.82) is 0 Å². The van der Waals surface area contributed by atoms with E-state index in [1.807, 2.05) is 23.1 Å². The van der Waals surface area contributed by atoms with E-state index in [-0.39, 0.29) is 0 Å². The zero-order valence-corrected chi connectivity index (χ0v) is 11.3. The first-order chi connectivity index (χ1) is 7.84. The summed E-state index contributed by atoms with van der Waals surface area (Å²) in [6, 6.07) is 6.19. The minimum Gasteiger partial charge on any atom is -0.312 e. The van der Waals surface area contributed by atoms with Crippen LogP contribution in [0.15, 0.2) is 34.4 Å². The Morgan fingerprint density at radius 3 is 3.06 bits per heavy atom. The van der Waals surface area contributed by atoms with Crippen molar-refractivity contribution in [3.63, 3.8) is 0 Å². The van der Waals surface area contributed by atoms with Gasteiger partial charge in [0.05, 0.1) is 3.79 Å². The first kappa shape index (κ1) is 11.8. The quantitative estimate of drug-likeness (QED) is 0.831. The van der Waals surface area contributed by atoms with Crippen molar-refractivity contribution in [2.24, 2.45) is 0 Å². The topological polar surface area (TPSA) is 29.9 Å². The predicted octanol–water partition coefficient (Wildman–Crippen LogP) is 2.89. The molecule has 0 saturated carbocycles. The summed E-state index contributed by atoms with van der Waals surface area (Å²) >= 11 is 5.24. The lowest BCUT2D eigenvalue weighted by Gasteiger charge is -2.03. The Hall–Kier alpha value is -0.650. The molecule has 0 atom stereocenters. The minimum atomic E-state index is 0.954. The van der Waals surface area contributed by atoms with Crippen LogP contribution in [0.2, 0.25) is 0 Å². The van der Waals surface area contributed by atoms with Gasteiger partial charge in [0.2, 0.25) is 0 Å². The zero-order valence-electron chi connectivity index (χ0n) is 8.90. The lowest BCUT2D eigenvalue weighted by Crippen LogP contribution is -2.15. The van der Waals surface area contributed by atoms with Crippen LogP contribution in [0.25, 0.3) is 0 Å². The van der Waals surface area contributed by atoms with Gasteiger partial charge in [-0.05, 0) is 47.1 Å². The second-order valence-electron chi connectivity index (χ2n) is 3.51. The molecule has 0 radical (unpaired) electrons. The molecule has 2 aromatic heterocycles. The molecule has 0 aromatic carbocycles. The molecule has 2 rings (SSSR count). The number of nitrogens with one attached hydrogen (secondary N) is 1. The summed E-state index contributed by atoms with van der Waals surface area (Å²) in [5.74, 6) is 0. The lowest BCUT2D eigenvalue weighted by molar-refractivity contribution is 0.544. The third kappa shape index (κ3) is 3.73. The van der Waals surface area contributed by atoms with Crippen LogP contribution in [-0.4, -0.2) is 16.3 Å². The number of rotatable bonds is 6. The van der Waals surface area contributed by atoms with Gasteiger partial charge >= 0.3 is 0 Å². The highest BCUT2D eigenvalue weighted by molar-refractivity contribution is 9.11. The van der Waals surface area contributed by atoms with Gasteiger partial charge in [-0.2, -0.15) is 5.10 Å². The lowest BCUT2D eigenvalue weighted by atomic mass is 10.4. The fourth-order valence-electron chi connectivity index (χ4n) is 1.46. The maximum atomic E-state index is 4.16. The third-order valence-corrected chi connectivity index (χ3v) is 3.85. The number of hydrogen-bond acceptors (Lipinski definition) is 3. The Kier molecular flexibility index (Phi) is 4.56. The van der Waals surface area contributed by atoms with E-state index in [1.165, 1.54) is 8.66 Å². The van der Waals surface area contributed by atoms with Gasteiger partial charge in [-0.3, -0.25) is 4.68 Å². The molecule has 5 heteroatoms. The Morgan fingerprint density at radius 2 is 2.38 bits per heavy atom. The molecule has 2 aromatic rings. The second kappa shape index (κ2) is 6.18. The first-order valence-electron chi connectivity index (χ1n) is 5.27. The Bertz CT molecular complexity index is 411. The molecular weight excluding hydrogens is 286 g/mol. The summed E-state index contributed by atoms with van der Waals surface area (Å²) in [5, 5.41) is 7.59. The molecule has 0 unspecified atom stereocenters. The molecule has 0 spiro atoms. The number of halogens is 1. The monoisotopic (exact) mass is 299 g/mol. The normalized spacial score (nSPS) is 10.8. The fraction of sp³-hybridized carbons (Fsp3) is 0.364. The molecule has 0 saturated heterocycles. The van der Waals surface area contributed by atoms with Crippen molar-refractivity contribution in [3.05, 3.63) is 39.3 Å². The second-order valence-corrected chi connectivity index (χ2v) is 6.05. The SMILES string of the molecule is Brc1ccc(CNCCCn2cccn2)s1. The fourth-order valence-corrected chi connectivity index (χ4v) is 2.91. The van der Waals surface area contributed by atoms with E-state index < -0.39 is 0 Å². The van der Waals surface area contributed by atoms with Gasteiger partial charge in [-0.25, -0.2) is 0 Å². The summed E-state index contributed by atoms with van der Waals surface area (Å²) in [4.78, 5) is 1.37. The van der Waals surface area contributed by atoms with Gasteiger partial charge in [0.25, 0.3) is 0 Å². The highest BCUT2D eigenvalue weighted by atomic mass is 79.9. The van der Waals surface area contributed by atoms with Crippen LogP contribution in [0.1, 0.15) is 11.3 Å². The minimum absolute atomic E-state index is 0.954. The molecule has 0 fully saturated rings. The molecule has 86 valence electrons. The van der Waals surface area contributed by atoms with Crippen LogP contribution in [0, 0.1) is 0 Å². The van der Waals surface area contributed by atoms with E-state index in [9.17, 15) is 0 Å². The molecule has 0 aliphatic carbocycles. The number of aryl methyl sites for hydroxylation is 1. The van der Waals surface area contributed by atoms with Crippen molar-refractivity contribution in [2.45, 2.75) is 19.5 Å². The van der Waals surface area contributed by atoms with Crippen molar-refractivity contribution < 1.29 is 0 Å². The van der Waals surface area contributed by atoms with Gasteiger partial charge in [-0.15, -0.1) is 11.3 Å². The van der Waals surface area contributed by atoms with E-state index in [2.05, 4.69) is 38.5 Å². The maximum absolute atomic E-state index is 4.16. The van der Waals surface area contributed by atoms with Crippen LogP contribution >= 0.6 is 27.3 Å². The zero-order chi connectivity index (χ0) is 11.2. The van der Waals surface area contributed by atoms with E-state index >= 15 is 0 Å². The molecule has 0 bridgehead atoms. The largest absolute Gasteiger partial charge is 0.312 e. The van der Waals surface area contributed by atoms with Crippen LogP contribution in [0.3, 0.4) is 0 Å². The highest BCUT2D eigenvalue weighted by Crippen LogP contribution is 2.21. The molecule has 3 nitrogen and oxygen atoms in total. The van der Waals surface area contributed by atoms with Gasteiger partial charge < -0.3 is 5.32 Å². The highest BCUT2D eigenvalue weighted by Gasteiger charge is 1.96. The van der Waals surface area contributed by atoms with E-state index in [0.717, 1.165) is 26.1 Å². The van der Waals surface area contributed by atoms with E-state index in [1.54, 1.807) is 11.3 Å². The van der Waals surface area contributed by atoms with Crippen LogP contribution in [0.4, 0.5) is 0 Å². The standard InChI is InChI=1S/C11H14BrN3S/c12-11-4-3-10(16-11)9-13-5-1-7-15-8-2-6-14-15/h2-4,6,8,13H,1,5,7,9H2. The van der Waals surface area contributed by atoms with Crippen molar-refractivity contribution in [2.75, 3.05) is 6.54 Å². The molecular formula is C11H14BrN3S. The maximum Gasteiger partial charge on any atom is 0.0701 e. The van der Waals surface area contributed by atoms with Crippen molar-refractivity contribution >= 4 is 27.3 Å². The number of aromatic nitrogens is 2. The van der Waals surface area contributed by atoms with Gasteiger partial charge in [-0.1, -0.05) is 0 Å². The third-order valence-electron chi connectivity index (χ3n) is 2.23. The average Bonchev–Trinajstić information content (AvgIpc) is 2.89. The summed E-state index contributed by atoms with van der Waals surface area (Å²) in [5.41, 5.74) is 0. The molecule has 0 aliphatic rings. The Morgan fingerprint density at radius 1 is 1.44 bits per heavy atom. The number of nitrogens with zero attached hydrogens (tertiary/aromatic N) is 2. The summed E-state index contributed by atoms with van der Waals surface area (Å²) in [6.07, 6.45) is 4.92. The van der Waals surface area contributed by atoms with Gasteiger partial charge in [0.15, 0.2) is 0 Å². The van der Waals surface area contributed by atoms with Crippen LogP contribution in [-0.2, 0) is 13.1 Å². The molecule has 1 N–H and O–H groups in total. The molecule has 0 amide bonds. The van der Waals surface area contributed by atoms with Gasteiger partial charge in [0, 0.05) is 30.4 Å². The molecule has 16 heavy (non-hydrogen) atoms. The Balaban J connectivity index is 1.59. The van der Waals surface area contributed by atoms with E-state index in [4.69, 9.17) is 0 Å². The summed E-state index contributed by atoms with van der Waals surface area (Å²) in [6.45, 7) is 2.96. The Labute approximate surface area is 108 Å². The van der Waals surface area contributed by atoms with E-state index in [0.29, 0.717) is 0 Å². The number of hydrogen-bond donors (Lipinski definition) is 1. The van der Waals surface area contributed by atoms with Crippen LogP contribution < -0.4 is 5.32 Å². The average molecular weight is 300 g/mol. The number of thiophene rings is 1. The summed E-state index contributed by atoms with van der Waals surface area (Å²) < 4.78 is 3.16. The van der Waals surface area contributed by atoms with Crippen LogP contribution in [0.5, 0.6) is 0 Å². The predicted molar refractivity (Wildman–Crippen MR) is 70.6 cm³/mol. The van der Waals surface area contributed by atoms with Gasteiger partial charge in [0.1, 0.15) is 0 Å². The van der Waals surface area contributed by atoms with Crippen molar-refractivity contribution in [1.82, 2.24) is 15.1 Å². The smallest absolute Gasteiger partial charge is 0.0701 e.